The molecule has 0 saturated carbocycles. The van der Waals surface area contributed by atoms with Crippen LogP contribution in [0.3, 0.4) is 0 Å². The zero-order valence-electron chi connectivity index (χ0n) is 8.45. The summed E-state index contributed by atoms with van der Waals surface area (Å²) in [5.74, 6) is 0. The van der Waals surface area contributed by atoms with E-state index in [1.807, 2.05) is 24.3 Å². The smallest absolute Gasteiger partial charge is 0.0802 e. The van der Waals surface area contributed by atoms with Crippen LogP contribution in [0.5, 0.6) is 0 Å². The predicted molar refractivity (Wildman–Crippen MR) is 59.8 cm³/mol. The molecule has 2 N–H and O–H groups in total. The second kappa shape index (κ2) is 3.21. The number of benzene rings is 1. The van der Waals surface area contributed by atoms with Crippen LogP contribution in [-0.2, 0) is 10.3 Å². The number of hydrogen-bond donors (Lipinski definition) is 1. The molecule has 0 aromatic heterocycles. The van der Waals surface area contributed by atoms with Crippen LogP contribution < -0.4 is 5.73 Å². The summed E-state index contributed by atoms with van der Waals surface area (Å²) in [7, 11) is 0. The molecule has 0 amide bonds. The molecule has 2 fully saturated rings. The Morgan fingerprint density at radius 2 is 2.13 bits per heavy atom. The molecular formula is C12H14ClNO. The summed E-state index contributed by atoms with van der Waals surface area (Å²) in [5, 5.41) is 0.760. The first-order valence-corrected chi connectivity index (χ1v) is 5.77. The van der Waals surface area contributed by atoms with Crippen molar-refractivity contribution in [2.24, 2.45) is 5.73 Å². The van der Waals surface area contributed by atoms with Crippen molar-refractivity contribution in [3.63, 3.8) is 0 Å². The quantitative estimate of drug-likeness (QED) is 0.794. The highest BCUT2D eigenvalue weighted by molar-refractivity contribution is 6.31. The van der Waals surface area contributed by atoms with E-state index in [1.54, 1.807) is 0 Å². The van der Waals surface area contributed by atoms with Crippen molar-refractivity contribution in [3.8, 4) is 0 Å². The lowest BCUT2D eigenvalue weighted by atomic mass is 9.77. The summed E-state index contributed by atoms with van der Waals surface area (Å²) in [6.07, 6.45) is 3.61. The van der Waals surface area contributed by atoms with Crippen LogP contribution in [0, 0.1) is 0 Å². The predicted octanol–water partition coefficient (Wildman–Crippen LogP) is 2.45. The van der Waals surface area contributed by atoms with Crippen LogP contribution >= 0.6 is 11.6 Å². The third-order valence-corrected chi connectivity index (χ3v) is 3.95. The van der Waals surface area contributed by atoms with E-state index in [2.05, 4.69) is 0 Å². The summed E-state index contributed by atoms with van der Waals surface area (Å²) in [6.45, 7) is 0. The van der Waals surface area contributed by atoms with Gasteiger partial charge >= 0.3 is 0 Å². The first-order chi connectivity index (χ1) is 7.20. The largest absolute Gasteiger partial charge is 0.373 e. The van der Waals surface area contributed by atoms with Gasteiger partial charge in [0.1, 0.15) is 0 Å². The van der Waals surface area contributed by atoms with Gasteiger partial charge in [-0.25, -0.2) is 0 Å². The van der Waals surface area contributed by atoms with Gasteiger partial charge < -0.3 is 10.5 Å². The second-order valence-electron chi connectivity index (χ2n) is 4.55. The molecule has 1 aromatic carbocycles. The maximum absolute atomic E-state index is 6.46. The molecular weight excluding hydrogens is 210 g/mol. The van der Waals surface area contributed by atoms with Crippen molar-refractivity contribution in [1.29, 1.82) is 0 Å². The number of fused-ring (bicyclic) bond motifs is 2. The highest BCUT2D eigenvalue weighted by Gasteiger charge is 2.51. The SMILES string of the molecule is NC1(c2ccccc2Cl)CC2CCC1O2. The summed E-state index contributed by atoms with van der Waals surface area (Å²) in [6, 6.07) is 7.84. The van der Waals surface area contributed by atoms with Gasteiger partial charge in [0.2, 0.25) is 0 Å². The maximum atomic E-state index is 6.46. The van der Waals surface area contributed by atoms with Crippen molar-refractivity contribution >= 4 is 11.6 Å². The fraction of sp³-hybridized carbons (Fsp3) is 0.500. The van der Waals surface area contributed by atoms with E-state index < -0.39 is 0 Å². The fourth-order valence-corrected chi connectivity index (χ4v) is 3.18. The second-order valence-corrected chi connectivity index (χ2v) is 4.96. The van der Waals surface area contributed by atoms with Gasteiger partial charge in [-0.15, -0.1) is 0 Å². The number of hydrogen-bond acceptors (Lipinski definition) is 2. The molecule has 80 valence electrons. The van der Waals surface area contributed by atoms with E-state index in [4.69, 9.17) is 22.1 Å². The van der Waals surface area contributed by atoms with Crippen molar-refractivity contribution in [3.05, 3.63) is 34.9 Å². The van der Waals surface area contributed by atoms with Crippen LogP contribution in [-0.4, -0.2) is 12.2 Å². The van der Waals surface area contributed by atoms with E-state index in [9.17, 15) is 0 Å². The molecule has 3 heteroatoms. The van der Waals surface area contributed by atoms with Crippen molar-refractivity contribution in [1.82, 2.24) is 0 Å². The average molecular weight is 224 g/mol. The highest BCUT2D eigenvalue weighted by atomic mass is 35.5. The first-order valence-electron chi connectivity index (χ1n) is 5.39. The zero-order valence-corrected chi connectivity index (χ0v) is 9.20. The van der Waals surface area contributed by atoms with Crippen LogP contribution in [0.15, 0.2) is 24.3 Å². The molecule has 0 aliphatic carbocycles. The highest BCUT2D eigenvalue weighted by Crippen LogP contribution is 2.47. The van der Waals surface area contributed by atoms with Crippen molar-refractivity contribution in [2.45, 2.75) is 37.0 Å². The van der Waals surface area contributed by atoms with Gasteiger partial charge in [-0.2, -0.15) is 0 Å². The van der Waals surface area contributed by atoms with Crippen LogP contribution in [0.4, 0.5) is 0 Å². The van der Waals surface area contributed by atoms with E-state index in [0.717, 1.165) is 29.8 Å². The van der Waals surface area contributed by atoms with E-state index in [-0.39, 0.29) is 11.6 Å². The Bertz CT molecular complexity index is 395. The lowest BCUT2D eigenvalue weighted by Gasteiger charge is -2.32. The lowest BCUT2D eigenvalue weighted by molar-refractivity contribution is 0.0853. The summed E-state index contributed by atoms with van der Waals surface area (Å²) in [5.41, 5.74) is 7.14. The first kappa shape index (κ1) is 9.64. The van der Waals surface area contributed by atoms with Crippen LogP contribution in [0.1, 0.15) is 24.8 Å². The normalized spacial score (nSPS) is 38.5. The Balaban J connectivity index is 2.04. The number of halogens is 1. The number of ether oxygens (including phenoxy) is 1. The maximum Gasteiger partial charge on any atom is 0.0802 e. The molecule has 3 unspecified atom stereocenters. The Morgan fingerprint density at radius 1 is 1.33 bits per heavy atom. The van der Waals surface area contributed by atoms with Crippen LogP contribution in [0.25, 0.3) is 0 Å². The molecule has 2 aliphatic heterocycles. The minimum Gasteiger partial charge on any atom is -0.373 e. The topological polar surface area (TPSA) is 35.2 Å². The van der Waals surface area contributed by atoms with Gasteiger partial charge in [-0.3, -0.25) is 0 Å². The number of rotatable bonds is 1. The summed E-state index contributed by atoms with van der Waals surface area (Å²) >= 11 is 6.20. The molecule has 3 atom stereocenters. The van der Waals surface area contributed by atoms with Gasteiger partial charge in [0.25, 0.3) is 0 Å². The third kappa shape index (κ3) is 1.32. The molecule has 15 heavy (non-hydrogen) atoms. The summed E-state index contributed by atoms with van der Waals surface area (Å²) < 4.78 is 5.81. The molecule has 2 nitrogen and oxygen atoms in total. The molecule has 1 aromatic rings. The number of nitrogens with two attached hydrogens (primary N) is 1. The third-order valence-electron chi connectivity index (χ3n) is 3.62. The monoisotopic (exact) mass is 223 g/mol. The van der Waals surface area contributed by atoms with Gasteiger partial charge in [0.05, 0.1) is 17.7 Å². The van der Waals surface area contributed by atoms with Gasteiger partial charge in [0, 0.05) is 5.02 Å². The van der Waals surface area contributed by atoms with E-state index in [0.29, 0.717) is 6.10 Å². The molecule has 0 spiro atoms. The Labute approximate surface area is 94.4 Å². The standard InChI is InChI=1S/C12H14ClNO/c13-10-4-2-1-3-9(10)12(14)7-8-5-6-11(12)15-8/h1-4,8,11H,5-7,14H2. The minimum absolute atomic E-state index is 0.155. The van der Waals surface area contributed by atoms with Gasteiger partial charge in [-0.1, -0.05) is 29.8 Å². The average Bonchev–Trinajstić information content (AvgIpc) is 2.78. The summed E-state index contributed by atoms with van der Waals surface area (Å²) in [4.78, 5) is 0. The van der Waals surface area contributed by atoms with Crippen molar-refractivity contribution in [2.75, 3.05) is 0 Å². The van der Waals surface area contributed by atoms with Crippen molar-refractivity contribution < 1.29 is 4.74 Å². The molecule has 3 rings (SSSR count). The Morgan fingerprint density at radius 3 is 2.73 bits per heavy atom. The zero-order chi connectivity index (χ0) is 10.5. The minimum atomic E-state index is -0.360. The van der Waals surface area contributed by atoms with Crippen LogP contribution in [0.2, 0.25) is 5.02 Å². The molecule has 2 bridgehead atoms. The Hall–Kier alpha value is -0.570. The lowest BCUT2D eigenvalue weighted by Crippen LogP contribution is -2.45. The molecule has 2 aliphatic rings. The van der Waals surface area contributed by atoms with E-state index >= 15 is 0 Å². The van der Waals surface area contributed by atoms with Gasteiger partial charge in [0.15, 0.2) is 0 Å². The molecule has 2 heterocycles. The Kier molecular flexibility index (Phi) is 2.06. The fourth-order valence-electron chi connectivity index (χ4n) is 2.87. The molecule has 0 radical (unpaired) electrons. The van der Waals surface area contributed by atoms with E-state index in [1.165, 1.54) is 0 Å². The van der Waals surface area contributed by atoms with Gasteiger partial charge in [-0.05, 0) is 30.9 Å². The molecule has 2 saturated heterocycles.